The standard InChI is InChI=1S/C11H13N3O/c1-11(6-3-2-4-9(11)15)14-10-5-7-12-8-13-10/h2-9,15H,1H3,(H,12,13,14). The summed E-state index contributed by atoms with van der Waals surface area (Å²) in [5.41, 5.74) is -0.511. The smallest absolute Gasteiger partial charge is 0.130 e. The lowest BCUT2D eigenvalue weighted by atomic mass is 9.90. The second-order valence-corrected chi connectivity index (χ2v) is 3.69. The molecule has 2 unspecified atom stereocenters. The Morgan fingerprint density at radius 1 is 1.47 bits per heavy atom. The van der Waals surface area contributed by atoms with E-state index in [0.717, 1.165) is 0 Å². The molecule has 0 aliphatic heterocycles. The number of rotatable bonds is 2. The summed E-state index contributed by atoms with van der Waals surface area (Å²) in [4.78, 5) is 7.90. The van der Waals surface area contributed by atoms with Gasteiger partial charge in [0.2, 0.25) is 0 Å². The van der Waals surface area contributed by atoms with E-state index >= 15 is 0 Å². The number of nitrogens with one attached hydrogen (secondary N) is 1. The molecule has 2 N–H and O–H groups in total. The Balaban J connectivity index is 2.18. The van der Waals surface area contributed by atoms with Crippen LogP contribution >= 0.6 is 0 Å². The molecular formula is C11H13N3O. The van der Waals surface area contributed by atoms with E-state index in [1.54, 1.807) is 18.3 Å². The van der Waals surface area contributed by atoms with E-state index in [9.17, 15) is 5.11 Å². The molecule has 1 aromatic heterocycles. The molecule has 2 rings (SSSR count). The Labute approximate surface area is 88.4 Å². The van der Waals surface area contributed by atoms with Crippen LogP contribution in [-0.2, 0) is 0 Å². The number of hydrogen-bond donors (Lipinski definition) is 2. The summed E-state index contributed by atoms with van der Waals surface area (Å²) < 4.78 is 0. The first-order valence-corrected chi connectivity index (χ1v) is 4.79. The number of nitrogens with zero attached hydrogens (tertiary/aromatic N) is 2. The number of anilines is 1. The summed E-state index contributed by atoms with van der Waals surface area (Å²) in [7, 11) is 0. The minimum Gasteiger partial charge on any atom is -0.386 e. The van der Waals surface area contributed by atoms with Crippen molar-refractivity contribution in [2.45, 2.75) is 18.6 Å². The van der Waals surface area contributed by atoms with Crippen LogP contribution in [0.3, 0.4) is 0 Å². The summed E-state index contributed by atoms with van der Waals surface area (Å²) in [6.07, 6.45) is 9.97. The average molecular weight is 203 g/mol. The molecule has 1 aliphatic carbocycles. The highest BCUT2D eigenvalue weighted by molar-refractivity contribution is 5.42. The van der Waals surface area contributed by atoms with Crippen molar-refractivity contribution in [2.75, 3.05) is 5.32 Å². The third-order valence-corrected chi connectivity index (χ3v) is 2.44. The van der Waals surface area contributed by atoms with Crippen molar-refractivity contribution < 1.29 is 5.11 Å². The van der Waals surface area contributed by atoms with Crippen LogP contribution in [-0.4, -0.2) is 26.7 Å². The first-order valence-electron chi connectivity index (χ1n) is 4.79. The summed E-state index contributed by atoms with van der Waals surface area (Å²) >= 11 is 0. The largest absolute Gasteiger partial charge is 0.386 e. The van der Waals surface area contributed by atoms with Crippen molar-refractivity contribution in [1.82, 2.24) is 9.97 Å². The zero-order chi connectivity index (χ0) is 10.7. The lowest BCUT2D eigenvalue weighted by molar-refractivity contribution is 0.172. The number of aliphatic hydroxyl groups is 1. The molecule has 15 heavy (non-hydrogen) atoms. The van der Waals surface area contributed by atoms with Gasteiger partial charge in [0, 0.05) is 6.20 Å². The average Bonchev–Trinajstić information content (AvgIpc) is 2.24. The molecule has 78 valence electrons. The number of aliphatic hydroxyl groups excluding tert-OH is 1. The fraction of sp³-hybridized carbons (Fsp3) is 0.273. The normalized spacial score (nSPS) is 29.1. The van der Waals surface area contributed by atoms with E-state index in [1.807, 2.05) is 25.2 Å². The first-order chi connectivity index (χ1) is 7.21. The Morgan fingerprint density at radius 2 is 2.33 bits per heavy atom. The topological polar surface area (TPSA) is 58.0 Å². The highest BCUT2D eigenvalue weighted by atomic mass is 16.3. The Bertz CT molecular complexity index is 388. The van der Waals surface area contributed by atoms with Gasteiger partial charge >= 0.3 is 0 Å². The molecule has 2 atom stereocenters. The third-order valence-electron chi connectivity index (χ3n) is 2.44. The zero-order valence-corrected chi connectivity index (χ0v) is 8.46. The maximum atomic E-state index is 9.85. The van der Waals surface area contributed by atoms with Crippen LogP contribution in [0.4, 0.5) is 5.82 Å². The second kappa shape index (κ2) is 3.82. The summed E-state index contributed by atoms with van der Waals surface area (Å²) in [5.74, 6) is 0.700. The molecule has 1 heterocycles. The summed E-state index contributed by atoms with van der Waals surface area (Å²) in [6, 6.07) is 1.77. The lowest BCUT2D eigenvalue weighted by Gasteiger charge is -2.33. The van der Waals surface area contributed by atoms with Gasteiger partial charge in [0.05, 0.1) is 11.6 Å². The van der Waals surface area contributed by atoms with E-state index in [4.69, 9.17) is 0 Å². The predicted molar refractivity (Wildman–Crippen MR) is 58.3 cm³/mol. The molecule has 0 aromatic carbocycles. The van der Waals surface area contributed by atoms with Crippen molar-refractivity contribution in [3.8, 4) is 0 Å². The summed E-state index contributed by atoms with van der Waals surface area (Å²) in [6.45, 7) is 1.92. The molecular weight excluding hydrogens is 190 g/mol. The molecule has 0 amide bonds. The highest BCUT2D eigenvalue weighted by Gasteiger charge is 2.29. The maximum Gasteiger partial charge on any atom is 0.130 e. The van der Waals surface area contributed by atoms with Crippen molar-refractivity contribution in [2.24, 2.45) is 0 Å². The van der Waals surface area contributed by atoms with Gasteiger partial charge in [-0.2, -0.15) is 0 Å². The Hall–Kier alpha value is -1.68. The minimum absolute atomic E-state index is 0.511. The van der Waals surface area contributed by atoms with E-state index in [2.05, 4.69) is 15.3 Å². The van der Waals surface area contributed by atoms with Crippen LogP contribution in [0.15, 0.2) is 42.9 Å². The van der Waals surface area contributed by atoms with E-state index in [-0.39, 0.29) is 0 Å². The number of aromatic nitrogens is 2. The highest BCUT2D eigenvalue weighted by Crippen LogP contribution is 2.22. The van der Waals surface area contributed by atoms with Crippen molar-refractivity contribution in [3.63, 3.8) is 0 Å². The molecule has 0 saturated carbocycles. The minimum atomic E-state index is -0.558. The molecule has 1 aliphatic rings. The quantitative estimate of drug-likeness (QED) is 0.756. The van der Waals surface area contributed by atoms with Crippen molar-refractivity contribution in [1.29, 1.82) is 0 Å². The molecule has 0 fully saturated rings. The number of allylic oxidation sites excluding steroid dienone is 2. The van der Waals surface area contributed by atoms with Gasteiger partial charge in [-0.15, -0.1) is 0 Å². The lowest BCUT2D eigenvalue weighted by Crippen LogP contribution is -2.45. The maximum absolute atomic E-state index is 9.85. The van der Waals surface area contributed by atoms with Gasteiger partial charge in [-0.05, 0) is 13.0 Å². The monoisotopic (exact) mass is 203 g/mol. The van der Waals surface area contributed by atoms with Gasteiger partial charge in [-0.3, -0.25) is 0 Å². The zero-order valence-electron chi connectivity index (χ0n) is 8.46. The molecule has 1 aromatic rings. The summed E-state index contributed by atoms with van der Waals surface area (Å²) in [5, 5.41) is 13.0. The van der Waals surface area contributed by atoms with Gasteiger partial charge < -0.3 is 10.4 Å². The van der Waals surface area contributed by atoms with E-state index in [1.165, 1.54) is 6.33 Å². The predicted octanol–water partition coefficient (Wildman–Crippen LogP) is 1.13. The van der Waals surface area contributed by atoms with Gasteiger partial charge in [0.15, 0.2) is 0 Å². The van der Waals surface area contributed by atoms with Crippen LogP contribution in [0.25, 0.3) is 0 Å². The van der Waals surface area contributed by atoms with Crippen LogP contribution in [0.5, 0.6) is 0 Å². The van der Waals surface area contributed by atoms with Crippen LogP contribution in [0, 0.1) is 0 Å². The number of hydrogen-bond acceptors (Lipinski definition) is 4. The second-order valence-electron chi connectivity index (χ2n) is 3.69. The third kappa shape index (κ3) is 2.05. The molecule has 4 nitrogen and oxygen atoms in total. The fourth-order valence-corrected chi connectivity index (χ4v) is 1.48. The van der Waals surface area contributed by atoms with Gasteiger partial charge in [0.1, 0.15) is 12.1 Å². The van der Waals surface area contributed by atoms with Gasteiger partial charge in [0.25, 0.3) is 0 Å². The van der Waals surface area contributed by atoms with Crippen LogP contribution < -0.4 is 5.32 Å². The molecule has 4 heteroatoms. The van der Waals surface area contributed by atoms with E-state index in [0.29, 0.717) is 5.82 Å². The van der Waals surface area contributed by atoms with Crippen molar-refractivity contribution >= 4 is 5.82 Å². The van der Waals surface area contributed by atoms with E-state index < -0.39 is 11.6 Å². The molecule has 0 saturated heterocycles. The molecule has 0 bridgehead atoms. The van der Waals surface area contributed by atoms with Crippen LogP contribution in [0.1, 0.15) is 6.92 Å². The van der Waals surface area contributed by atoms with Gasteiger partial charge in [-0.1, -0.05) is 24.3 Å². The SMILES string of the molecule is CC1(Nc2ccncn2)C=CC=CC1O. The first kappa shape index (κ1) is 9.86. The Morgan fingerprint density at radius 3 is 3.00 bits per heavy atom. The van der Waals surface area contributed by atoms with Crippen molar-refractivity contribution in [3.05, 3.63) is 42.9 Å². The molecule has 0 spiro atoms. The Kier molecular flexibility index (Phi) is 2.51. The molecule has 0 radical (unpaired) electrons. The van der Waals surface area contributed by atoms with Crippen LogP contribution in [0.2, 0.25) is 0 Å². The van der Waals surface area contributed by atoms with Gasteiger partial charge in [-0.25, -0.2) is 9.97 Å². The fourth-order valence-electron chi connectivity index (χ4n) is 1.48.